The first-order valence-corrected chi connectivity index (χ1v) is 10.7. The highest BCUT2D eigenvalue weighted by Crippen LogP contribution is 2.24. The van der Waals surface area contributed by atoms with Crippen LogP contribution in [0.15, 0.2) is 42.6 Å². The quantitative estimate of drug-likeness (QED) is 0.747. The number of carbonyl (C=O) groups is 1. The van der Waals surface area contributed by atoms with Crippen LogP contribution in [0, 0.1) is 11.3 Å². The zero-order valence-electron chi connectivity index (χ0n) is 18.6. The van der Waals surface area contributed by atoms with E-state index in [-0.39, 0.29) is 11.4 Å². The molecule has 164 valence electrons. The number of rotatable bonds is 5. The van der Waals surface area contributed by atoms with Crippen molar-refractivity contribution in [3.8, 4) is 11.8 Å². The van der Waals surface area contributed by atoms with Crippen molar-refractivity contribution in [2.24, 2.45) is 0 Å². The monoisotopic (exact) mass is 421 g/mol. The molecule has 1 aliphatic heterocycles. The Hall–Kier alpha value is -3.27. The van der Waals surface area contributed by atoms with Crippen LogP contribution in [0.1, 0.15) is 38.3 Å². The fourth-order valence-corrected chi connectivity index (χ4v) is 3.56. The minimum atomic E-state index is -0.0879. The van der Waals surface area contributed by atoms with Crippen molar-refractivity contribution in [2.45, 2.75) is 32.6 Å². The first-order valence-electron chi connectivity index (χ1n) is 10.7. The molecule has 0 aliphatic carbocycles. The van der Waals surface area contributed by atoms with E-state index >= 15 is 0 Å². The van der Waals surface area contributed by atoms with Crippen LogP contribution in [-0.4, -0.2) is 55.2 Å². The summed E-state index contributed by atoms with van der Waals surface area (Å²) in [7, 11) is 0. The second-order valence-electron chi connectivity index (χ2n) is 8.67. The van der Waals surface area contributed by atoms with Crippen molar-refractivity contribution in [2.75, 3.05) is 44.2 Å². The Morgan fingerprint density at radius 2 is 1.94 bits per heavy atom. The van der Waals surface area contributed by atoms with Gasteiger partial charge in [-0.25, -0.2) is 9.78 Å². The maximum Gasteiger partial charge on any atom is 0.317 e. The molecule has 7 heteroatoms. The summed E-state index contributed by atoms with van der Waals surface area (Å²) in [6.45, 7) is 10.1. The minimum absolute atomic E-state index is 0.0879. The Labute approximate surface area is 184 Å². The zero-order valence-corrected chi connectivity index (χ0v) is 18.6. The van der Waals surface area contributed by atoms with Gasteiger partial charge in [-0.1, -0.05) is 32.9 Å². The number of anilines is 1. The molecule has 2 amide bonds. The molecule has 1 aliphatic rings. The van der Waals surface area contributed by atoms with E-state index in [2.05, 4.69) is 54.2 Å². The average molecular weight is 422 g/mol. The number of pyridine rings is 1. The zero-order chi connectivity index (χ0) is 22.3. The molecule has 2 aromatic rings. The predicted octanol–water partition coefficient (Wildman–Crippen LogP) is 3.55. The van der Waals surface area contributed by atoms with E-state index in [0.717, 1.165) is 18.7 Å². The average Bonchev–Trinajstić information content (AvgIpc) is 3.02. The standard InChI is InChI=1S/C24H31N5O2/c1-24(2,3)20-7-9-21(10-8-20)31-17-12-27-23(30)29-14-5-13-28(15-16-29)22-19(18-25)6-4-11-26-22/h4,6-11H,5,12-17H2,1-3H3,(H,27,30). The molecule has 7 nitrogen and oxygen atoms in total. The van der Waals surface area contributed by atoms with E-state index in [1.54, 1.807) is 18.3 Å². The summed E-state index contributed by atoms with van der Waals surface area (Å²) in [5.74, 6) is 1.49. The van der Waals surface area contributed by atoms with Crippen LogP contribution in [0.4, 0.5) is 10.6 Å². The number of hydrogen-bond acceptors (Lipinski definition) is 5. The minimum Gasteiger partial charge on any atom is -0.492 e. The summed E-state index contributed by atoms with van der Waals surface area (Å²) in [6, 6.07) is 13.7. The van der Waals surface area contributed by atoms with E-state index in [9.17, 15) is 10.1 Å². The van der Waals surface area contributed by atoms with Gasteiger partial charge in [-0.2, -0.15) is 5.26 Å². The van der Waals surface area contributed by atoms with Gasteiger partial charge in [0, 0.05) is 32.4 Å². The lowest BCUT2D eigenvalue weighted by Gasteiger charge is -2.23. The van der Waals surface area contributed by atoms with E-state index < -0.39 is 0 Å². The van der Waals surface area contributed by atoms with Crippen molar-refractivity contribution >= 4 is 11.8 Å². The van der Waals surface area contributed by atoms with Crippen LogP contribution < -0.4 is 15.0 Å². The molecular weight excluding hydrogens is 390 g/mol. The summed E-state index contributed by atoms with van der Waals surface area (Å²) in [5.41, 5.74) is 1.94. The Balaban J connectivity index is 1.43. The smallest absolute Gasteiger partial charge is 0.317 e. The van der Waals surface area contributed by atoms with E-state index in [1.165, 1.54) is 5.56 Å². The molecule has 0 radical (unpaired) electrons. The van der Waals surface area contributed by atoms with Gasteiger partial charge in [-0.15, -0.1) is 0 Å². The first-order chi connectivity index (χ1) is 14.9. The van der Waals surface area contributed by atoms with Crippen LogP contribution in [-0.2, 0) is 5.41 Å². The van der Waals surface area contributed by atoms with Crippen LogP contribution in [0.2, 0.25) is 0 Å². The summed E-state index contributed by atoms with van der Waals surface area (Å²) < 4.78 is 5.76. The number of urea groups is 1. The lowest BCUT2D eigenvalue weighted by atomic mass is 9.87. The largest absolute Gasteiger partial charge is 0.492 e. The maximum atomic E-state index is 12.6. The van der Waals surface area contributed by atoms with Gasteiger partial charge in [0.15, 0.2) is 0 Å². The molecule has 3 rings (SSSR count). The highest BCUT2D eigenvalue weighted by molar-refractivity contribution is 5.74. The fourth-order valence-electron chi connectivity index (χ4n) is 3.56. The first kappa shape index (κ1) is 22.4. The normalized spacial score (nSPS) is 14.5. The highest BCUT2D eigenvalue weighted by atomic mass is 16.5. The second-order valence-corrected chi connectivity index (χ2v) is 8.67. The Morgan fingerprint density at radius 1 is 1.16 bits per heavy atom. The molecule has 0 spiro atoms. The number of hydrogen-bond donors (Lipinski definition) is 1. The maximum absolute atomic E-state index is 12.6. The highest BCUT2D eigenvalue weighted by Gasteiger charge is 2.21. The van der Waals surface area contributed by atoms with E-state index in [1.807, 2.05) is 17.0 Å². The topological polar surface area (TPSA) is 81.5 Å². The molecule has 0 unspecified atom stereocenters. The van der Waals surface area contributed by atoms with Gasteiger partial charge in [-0.05, 0) is 41.7 Å². The van der Waals surface area contributed by atoms with Crippen molar-refractivity contribution in [1.29, 1.82) is 5.26 Å². The molecule has 1 fully saturated rings. The second kappa shape index (κ2) is 10.2. The third-order valence-electron chi connectivity index (χ3n) is 5.36. The predicted molar refractivity (Wildman–Crippen MR) is 121 cm³/mol. The molecular formula is C24H31N5O2. The number of carbonyl (C=O) groups excluding carboxylic acids is 1. The third kappa shape index (κ3) is 6.11. The van der Waals surface area contributed by atoms with Crippen molar-refractivity contribution in [3.63, 3.8) is 0 Å². The Kier molecular flexibility index (Phi) is 7.35. The summed E-state index contributed by atoms with van der Waals surface area (Å²) in [5, 5.41) is 12.2. The molecule has 31 heavy (non-hydrogen) atoms. The van der Waals surface area contributed by atoms with Crippen LogP contribution in [0.3, 0.4) is 0 Å². The molecule has 1 N–H and O–H groups in total. The van der Waals surface area contributed by atoms with Gasteiger partial charge in [0.25, 0.3) is 0 Å². The lowest BCUT2D eigenvalue weighted by molar-refractivity contribution is 0.198. The van der Waals surface area contributed by atoms with Gasteiger partial charge in [-0.3, -0.25) is 0 Å². The SMILES string of the molecule is CC(C)(C)c1ccc(OCCNC(=O)N2CCCN(c3ncccc3C#N)CC2)cc1. The van der Waals surface area contributed by atoms with Gasteiger partial charge in [0.2, 0.25) is 0 Å². The fraction of sp³-hybridized carbons (Fsp3) is 0.458. The van der Waals surface area contributed by atoms with Crippen LogP contribution in [0.5, 0.6) is 5.75 Å². The van der Waals surface area contributed by atoms with E-state index in [0.29, 0.717) is 44.2 Å². The number of amides is 2. The van der Waals surface area contributed by atoms with Crippen molar-refractivity contribution < 1.29 is 9.53 Å². The molecule has 0 atom stereocenters. The van der Waals surface area contributed by atoms with Crippen molar-refractivity contribution in [3.05, 3.63) is 53.7 Å². The summed E-state index contributed by atoms with van der Waals surface area (Å²) in [4.78, 5) is 20.8. The number of nitrogens with one attached hydrogen (secondary N) is 1. The number of nitrogens with zero attached hydrogens (tertiary/aromatic N) is 4. The van der Waals surface area contributed by atoms with Crippen LogP contribution in [0.25, 0.3) is 0 Å². The van der Waals surface area contributed by atoms with Gasteiger partial charge in [0.05, 0.1) is 12.1 Å². The summed E-state index contributed by atoms with van der Waals surface area (Å²) >= 11 is 0. The molecule has 2 heterocycles. The number of benzene rings is 1. The van der Waals surface area contributed by atoms with Crippen LogP contribution >= 0.6 is 0 Å². The number of nitriles is 1. The Bertz CT molecular complexity index is 915. The molecule has 0 bridgehead atoms. The molecule has 1 aromatic heterocycles. The lowest BCUT2D eigenvalue weighted by Crippen LogP contribution is -2.43. The van der Waals surface area contributed by atoms with Crippen molar-refractivity contribution in [1.82, 2.24) is 15.2 Å². The molecule has 1 aromatic carbocycles. The van der Waals surface area contributed by atoms with E-state index in [4.69, 9.17) is 4.74 Å². The Morgan fingerprint density at radius 3 is 2.65 bits per heavy atom. The molecule has 0 saturated carbocycles. The van der Waals surface area contributed by atoms with Gasteiger partial charge < -0.3 is 19.9 Å². The van der Waals surface area contributed by atoms with Gasteiger partial charge in [0.1, 0.15) is 24.2 Å². The third-order valence-corrected chi connectivity index (χ3v) is 5.36. The molecule has 1 saturated heterocycles. The number of aromatic nitrogens is 1. The summed E-state index contributed by atoms with van der Waals surface area (Å²) in [6.07, 6.45) is 2.52. The number of ether oxygens (including phenoxy) is 1. The van der Waals surface area contributed by atoms with Gasteiger partial charge >= 0.3 is 6.03 Å².